The molecule has 12 heavy (non-hydrogen) atoms. The van der Waals surface area contributed by atoms with Crippen LogP contribution in [0.5, 0.6) is 0 Å². The molecule has 1 aliphatic heterocycles. The van der Waals surface area contributed by atoms with E-state index < -0.39 is 0 Å². The van der Waals surface area contributed by atoms with Crippen LogP contribution in [0.25, 0.3) is 0 Å². The Morgan fingerprint density at radius 2 is 2.25 bits per heavy atom. The lowest BCUT2D eigenvalue weighted by Gasteiger charge is -2.42. The van der Waals surface area contributed by atoms with Crippen molar-refractivity contribution in [2.45, 2.75) is 32.4 Å². The zero-order valence-corrected chi connectivity index (χ0v) is 8.21. The molecule has 1 rings (SSSR count). The summed E-state index contributed by atoms with van der Waals surface area (Å²) in [5.41, 5.74) is -0.0539. The Labute approximate surface area is 74.3 Å². The Morgan fingerprint density at radius 3 is 2.83 bits per heavy atom. The van der Waals surface area contributed by atoms with E-state index in [9.17, 15) is 0 Å². The maximum absolute atomic E-state index is 8.82. The highest BCUT2D eigenvalue weighted by Gasteiger charge is 2.30. The first-order valence-electron chi connectivity index (χ1n) is 4.54. The smallest absolute Gasteiger partial charge is 0.0753 e. The normalized spacial score (nSPS) is 30.5. The van der Waals surface area contributed by atoms with Gasteiger partial charge in [-0.1, -0.05) is 0 Å². The van der Waals surface area contributed by atoms with Crippen LogP contribution in [0.15, 0.2) is 0 Å². The number of hydrogen-bond acceptors (Lipinski definition) is 3. The first-order valence-corrected chi connectivity index (χ1v) is 4.54. The van der Waals surface area contributed by atoms with E-state index in [1.54, 1.807) is 0 Å². The van der Waals surface area contributed by atoms with Gasteiger partial charge < -0.3 is 9.84 Å². The molecule has 3 nitrogen and oxygen atoms in total. The van der Waals surface area contributed by atoms with Crippen LogP contribution >= 0.6 is 0 Å². The van der Waals surface area contributed by atoms with Gasteiger partial charge in [0, 0.05) is 19.1 Å². The molecule has 0 unspecified atom stereocenters. The minimum atomic E-state index is -0.0539. The van der Waals surface area contributed by atoms with Crippen molar-refractivity contribution in [3.8, 4) is 0 Å². The van der Waals surface area contributed by atoms with Gasteiger partial charge in [-0.2, -0.15) is 0 Å². The van der Waals surface area contributed by atoms with Gasteiger partial charge in [0.05, 0.1) is 18.8 Å². The summed E-state index contributed by atoms with van der Waals surface area (Å²) in [5.74, 6) is 0. The van der Waals surface area contributed by atoms with Crippen LogP contribution in [-0.4, -0.2) is 48.0 Å². The predicted molar refractivity (Wildman–Crippen MR) is 48.2 cm³/mol. The van der Waals surface area contributed by atoms with Gasteiger partial charge in [-0.25, -0.2) is 0 Å². The van der Waals surface area contributed by atoms with E-state index in [1.807, 2.05) is 0 Å². The molecule has 1 aliphatic rings. The molecule has 0 aromatic carbocycles. The fraction of sp³-hybridized carbons (Fsp3) is 1.00. The molecule has 72 valence electrons. The SMILES string of the molecule is C[C@H]1COC(C)(C)CN1CCO. The van der Waals surface area contributed by atoms with Crippen LogP contribution in [0, 0.1) is 0 Å². The maximum atomic E-state index is 8.82. The summed E-state index contributed by atoms with van der Waals surface area (Å²) >= 11 is 0. The average molecular weight is 173 g/mol. The molecule has 0 spiro atoms. The lowest BCUT2D eigenvalue weighted by Crippen LogP contribution is -2.53. The van der Waals surface area contributed by atoms with E-state index in [1.165, 1.54) is 0 Å². The fourth-order valence-electron chi connectivity index (χ4n) is 1.57. The molecule has 1 saturated heterocycles. The third-order valence-corrected chi connectivity index (χ3v) is 2.31. The van der Waals surface area contributed by atoms with Crippen LogP contribution in [0.4, 0.5) is 0 Å². The lowest BCUT2D eigenvalue weighted by atomic mass is 10.1. The molecule has 1 N–H and O–H groups in total. The van der Waals surface area contributed by atoms with E-state index in [4.69, 9.17) is 9.84 Å². The van der Waals surface area contributed by atoms with Crippen molar-refractivity contribution in [1.29, 1.82) is 0 Å². The van der Waals surface area contributed by atoms with Crippen LogP contribution < -0.4 is 0 Å². The Morgan fingerprint density at radius 1 is 1.58 bits per heavy atom. The summed E-state index contributed by atoms with van der Waals surface area (Å²) in [4.78, 5) is 2.27. The van der Waals surface area contributed by atoms with E-state index >= 15 is 0 Å². The molecule has 0 aromatic rings. The first-order chi connectivity index (χ1) is 5.55. The summed E-state index contributed by atoms with van der Waals surface area (Å²) < 4.78 is 5.63. The largest absolute Gasteiger partial charge is 0.395 e. The summed E-state index contributed by atoms with van der Waals surface area (Å²) in [6, 6.07) is 0.435. The number of nitrogens with zero attached hydrogens (tertiary/aromatic N) is 1. The number of rotatable bonds is 2. The zero-order chi connectivity index (χ0) is 9.19. The van der Waals surface area contributed by atoms with E-state index in [0.717, 1.165) is 19.7 Å². The van der Waals surface area contributed by atoms with Gasteiger partial charge in [0.15, 0.2) is 0 Å². The molecule has 3 heteroatoms. The molecule has 0 aliphatic carbocycles. The molecule has 0 radical (unpaired) electrons. The Hall–Kier alpha value is -0.120. The minimum absolute atomic E-state index is 0.0539. The molecule has 1 fully saturated rings. The van der Waals surface area contributed by atoms with Gasteiger partial charge in [-0.15, -0.1) is 0 Å². The third-order valence-electron chi connectivity index (χ3n) is 2.31. The second-order valence-electron chi connectivity index (χ2n) is 4.11. The van der Waals surface area contributed by atoms with Crippen molar-refractivity contribution in [3.63, 3.8) is 0 Å². The third kappa shape index (κ3) is 2.44. The number of morpholine rings is 1. The lowest BCUT2D eigenvalue weighted by molar-refractivity contribution is -0.112. The second kappa shape index (κ2) is 3.73. The topological polar surface area (TPSA) is 32.7 Å². The first kappa shape index (κ1) is 9.96. The molecule has 0 bridgehead atoms. The number of hydrogen-bond donors (Lipinski definition) is 1. The van der Waals surface area contributed by atoms with Crippen molar-refractivity contribution in [2.75, 3.05) is 26.3 Å². The van der Waals surface area contributed by atoms with Gasteiger partial charge in [-0.3, -0.25) is 4.90 Å². The fourth-order valence-corrected chi connectivity index (χ4v) is 1.57. The Bertz CT molecular complexity index is 147. The molecule has 1 atom stereocenters. The van der Waals surface area contributed by atoms with Crippen molar-refractivity contribution >= 4 is 0 Å². The highest BCUT2D eigenvalue weighted by molar-refractivity contribution is 4.83. The van der Waals surface area contributed by atoms with E-state index in [0.29, 0.717) is 6.04 Å². The van der Waals surface area contributed by atoms with Crippen molar-refractivity contribution in [1.82, 2.24) is 4.90 Å². The Kier molecular flexibility index (Phi) is 3.09. The minimum Gasteiger partial charge on any atom is -0.395 e. The quantitative estimate of drug-likeness (QED) is 0.659. The van der Waals surface area contributed by atoms with Crippen LogP contribution in [0.2, 0.25) is 0 Å². The predicted octanol–water partition coefficient (Wildman–Crippen LogP) is 0.478. The van der Waals surface area contributed by atoms with Crippen LogP contribution in [-0.2, 0) is 4.74 Å². The second-order valence-corrected chi connectivity index (χ2v) is 4.11. The maximum Gasteiger partial charge on any atom is 0.0753 e. The summed E-state index contributed by atoms with van der Waals surface area (Å²) in [6.07, 6.45) is 0. The summed E-state index contributed by atoms with van der Waals surface area (Å²) in [7, 11) is 0. The highest BCUT2D eigenvalue weighted by atomic mass is 16.5. The van der Waals surface area contributed by atoms with Crippen LogP contribution in [0.1, 0.15) is 20.8 Å². The van der Waals surface area contributed by atoms with Crippen molar-refractivity contribution in [3.05, 3.63) is 0 Å². The van der Waals surface area contributed by atoms with E-state index in [2.05, 4.69) is 25.7 Å². The highest BCUT2D eigenvalue weighted by Crippen LogP contribution is 2.19. The number of aliphatic hydroxyl groups is 1. The molecular weight excluding hydrogens is 154 g/mol. The average Bonchev–Trinajstić information content (AvgIpc) is 1.97. The van der Waals surface area contributed by atoms with Crippen molar-refractivity contribution < 1.29 is 9.84 Å². The molecule has 0 saturated carbocycles. The number of ether oxygens (including phenoxy) is 1. The molecule has 0 aromatic heterocycles. The van der Waals surface area contributed by atoms with Gasteiger partial charge in [0.25, 0.3) is 0 Å². The zero-order valence-electron chi connectivity index (χ0n) is 8.21. The standard InChI is InChI=1S/C9H19NO2/c1-8-6-12-9(2,3)7-10(8)4-5-11/h8,11H,4-7H2,1-3H3/t8-/m0/s1. The summed E-state index contributed by atoms with van der Waals surface area (Å²) in [6.45, 7) is 8.98. The number of β-amino-alcohol motifs (C(OH)–C–C–N with tert-alkyl or cyclic N) is 1. The molecule has 0 amide bonds. The van der Waals surface area contributed by atoms with Crippen molar-refractivity contribution in [2.24, 2.45) is 0 Å². The van der Waals surface area contributed by atoms with Crippen LogP contribution in [0.3, 0.4) is 0 Å². The summed E-state index contributed by atoms with van der Waals surface area (Å²) in [5, 5.41) is 8.82. The van der Waals surface area contributed by atoms with Gasteiger partial charge in [-0.05, 0) is 20.8 Å². The monoisotopic (exact) mass is 173 g/mol. The Balaban J connectivity index is 2.47. The molecular formula is C9H19NO2. The number of aliphatic hydroxyl groups excluding tert-OH is 1. The van der Waals surface area contributed by atoms with Gasteiger partial charge >= 0.3 is 0 Å². The molecule has 1 heterocycles. The van der Waals surface area contributed by atoms with Gasteiger partial charge in [0.1, 0.15) is 0 Å². The van der Waals surface area contributed by atoms with Gasteiger partial charge in [0.2, 0.25) is 0 Å². The van der Waals surface area contributed by atoms with E-state index in [-0.39, 0.29) is 12.2 Å².